The van der Waals surface area contributed by atoms with Crippen molar-refractivity contribution < 1.29 is 19.5 Å². The zero-order valence-electron chi connectivity index (χ0n) is 18.5. The minimum Gasteiger partial charge on any atom is -0.358 e. The molecule has 1 N–H and O–H groups in total. The molecular weight excluding hydrogens is 444 g/mol. The van der Waals surface area contributed by atoms with Crippen LogP contribution in [-0.2, 0) is 11.3 Å². The van der Waals surface area contributed by atoms with Crippen LogP contribution in [0.15, 0.2) is 59.8 Å². The third-order valence-corrected chi connectivity index (χ3v) is 4.79. The van der Waals surface area contributed by atoms with Crippen LogP contribution >= 0.6 is 0 Å². The van der Waals surface area contributed by atoms with Gasteiger partial charge in [0.2, 0.25) is 5.91 Å². The van der Waals surface area contributed by atoms with Gasteiger partial charge in [-0.2, -0.15) is 4.68 Å². The molecule has 12 nitrogen and oxygen atoms in total. The lowest BCUT2D eigenvalue weighted by atomic mass is 10.1. The fraction of sp³-hybridized carbons (Fsp3) is 0.227. The topological polar surface area (TPSA) is 155 Å². The zero-order chi connectivity index (χ0) is 24.7. The van der Waals surface area contributed by atoms with E-state index in [-0.39, 0.29) is 35.3 Å². The lowest BCUT2D eigenvalue weighted by Crippen LogP contribution is -2.13. The Hall–Kier alpha value is -4.61. The van der Waals surface area contributed by atoms with E-state index in [1.165, 1.54) is 28.9 Å². The fourth-order valence-corrected chi connectivity index (χ4v) is 3.09. The molecule has 1 heterocycles. The van der Waals surface area contributed by atoms with Crippen molar-refractivity contribution in [1.29, 1.82) is 0 Å². The number of hydrogen-bond acceptors (Lipinski definition) is 8. The van der Waals surface area contributed by atoms with Crippen molar-refractivity contribution in [2.24, 2.45) is 5.16 Å². The highest BCUT2D eigenvalue weighted by Gasteiger charge is 2.16. The van der Waals surface area contributed by atoms with E-state index in [9.17, 15) is 25.0 Å². The normalized spacial score (nSPS) is 11.2. The van der Waals surface area contributed by atoms with Crippen LogP contribution < -0.4 is 10.2 Å². The van der Waals surface area contributed by atoms with E-state index in [0.29, 0.717) is 24.4 Å². The monoisotopic (exact) mass is 466 g/mol. The largest absolute Gasteiger partial charge is 0.390 e. The van der Waals surface area contributed by atoms with Crippen molar-refractivity contribution in [2.45, 2.75) is 33.2 Å². The summed E-state index contributed by atoms with van der Waals surface area (Å²) in [6.07, 6.45) is 0.446. The summed E-state index contributed by atoms with van der Waals surface area (Å²) in [6, 6.07) is 14.5. The van der Waals surface area contributed by atoms with Crippen LogP contribution in [0.2, 0.25) is 0 Å². The molecule has 0 aliphatic carbocycles. The van der Waals surface area contributed by atoms with Crippen LogP contribution in [0.3, 0.4) is 0 Å². The number of oxime groups is 1. The lowest BCUT2D eigenvalue weighted by molar-refractivity contribution is -0.389. The van der Waals surface area contributed by atoms with Gasteiger partial charge in [-0.25, -0.2) is 0 Å². The lowest BCUT2D eigenvalue weighted by Gasteiger charge is -2.08. The summed E-state index contributed by atoms with van der Waals surface area (Å²) in [6.45, 7) is 3.74. The van der Waals surface area contributed by atoms with Crippen molar-refractivity contribution in [2.75, 3.05) is 5.32 Å². The Morgan fingerprint density at radius 1 is 1.12 bits per heavy atom. The molecule has 0 saturated carbocycles. The van der Waals surface area contributed by atoms with Gasteiger partial charge in [0, 0.05) is 18.6 Å². The maximum atomic E-state index is 12.4. The Morgan fingerprint density at radius 2 is 1.85 bits per heavy atom. The molecule has 0 aliphatic heterocycles. The second-order valence-electron chi connectivity index (χ2n) is 7.38. The van der Waals surface area contributed by atoms with Crippen LogP contribution in [-0.4, -0.2) is 31.2 Å². The number of anilines is 1. The number of rotatable bonds is 10. The maximum absolute atomic E-state index is 12.4. The van der Waals surface area contributed by atoms with Gasteiger partial charge < -0.3 is 20.3 Å². The Bertz CT molecular complexity index is 1240. The maximum Gasteiger partial charge on any atom is 0.390 e. The summed E-state index contributed by atoms with van der Waals surface area (Å²) >= 11 is 0. The van der Waals surface area contributed by atoms with Gasteiger partial charge in [0.05, 0.1) is 45.8 Å². The number of aromatic nitrogens is 2. The summed E-state index contributed by atoms with van der Waals surface area (Å²) in [5, 5.41) is 32.6. The second-order valence-corrected chi connectivity index (χ2v) is 7.38. The molecule has 1 aromatic heterocycles. The third kappa shape index (κ3) is 6.45. The third-order valence-electron chi connectivity index (χ3n) is 4.79. The molecule has 0 unspecified atom stereocenters. The summed E-state index contributed by atoms with van der Waals surface area (Å²) in [4.78, 5) is 38.7. The zero-order valence-corrected chi connectivity index (χ0v) is 18.5. The summed E-state index contributed by atoms with van der Waals surface area (Å²) in [5.74, 6) is -0.537. The summed E-state index contributed by atoms with van der Waals surface area (Å²) in [5.41, 5.74) is 1.94. The molecular formula is C22H22N6O6. The molecule has 0 saturated heterocycles. The molecule has 0 fully saturated rings. The van der Waals surface area contributed by atoms with E-state index < -0.39 is 9.85 Å². The van der Waals surface area contributed by atoms with Crippen LogP contribution in [0.25, 0.3) is 0 Å². The first kappa shape index (κ1) is 24.0. The molecule has 0 bridgehead atoms. The van der Waals surface area contributed by atoms with Gasteiger partial charge in [-0.15, -0.1) is 0 Å². The number of carbonyl (C=O) groups excluding carboxylic acids is 1. The van der Waals surface area contributed by atoms with Crippen molar-refractivity contribution in [1.82, 2.24) is 9.78 Å². The SMILES string of the molecule is C/C(=N/Oc1cc(NC(=O)CCCn2nc([N+](=O)[O-])cc2C)cc([N+](=O)[O-])c1)c1ccccc1. The number of amides is 1. The number of nitro benzene ring substituents is 1. The second kappa shape index (κ2) is 10.8. The van der Waals surface area contributed by atoms with E-state index >= 15 is 0 Å². The number of aryl methyl sites for hydroxylation is 2. The number of nitrogens with zero attached hydrogens (tertiary/aromatic N) is 5. The molecule has 0 aliphatic rings. The smallest absolute Gasteiger partial charge is 0.358 e. The van der Waals surface area contributed by atoms with Crippen LogP contribution in [0.1, 0.15) is 31.0 Å². The highest BCUT2D eigenvalue weighted by atomic mass is 16.6. The molecule has 12 heteroatoms. The first-order valence-electron chi connectivity index (χ1n) is 10.3. The Morgan fingerprint density at radius 3 is 2.50 bits per heavy atom. The summed E-state index contributed by atoms with van der Waals surface area (Å²) in [7, 11) is 0. The van der Waals surface area contributed by atoms with Crippen LogP contribution in [0.4, 0.5) is 17.2 Å². The van der Waals surface area contributed by atoms with Crippen LogP contribution in [0.5, 0.6) is 5.75 Å². The number of nitrogens with one attached hydrogen (secondary N) is 1. The molecule has 1 amide bonds. The van der Waals surface area contributed by atoms with Gasteiger partial charge in [-0.05, 0) is 30.8 Å². The Labute approximate surface area is 194 Å². The van der Waals surface area contributed by atoms with Gasteiger partial charge in [0.25, 0.3) is 5.69 Å². The molecule has 176 valence electrons. The highest BCUT2D eigenvalue weighted by molar-refractivity contribution is 5.98. The minimum atomic E-state index is -0.594. The molecule has 2 aromatic carbocycles. The first-order valence-corrected chi connectivity index (χ1v) is 10.3. The molecule has 0 atom stereocenters. The predicted octanol–water partition coefficient (Wildman–Crippen LogP) is 4.23. The molecule has 0 radical (unpaired) electrons. The van der Waals surface area contributed by atoms with Gasteiger partial charge in [-0.3, -0.25) is 14.9 Å². The molecule has 3 rings (SSSR count). The number of non-ortho nitro benzene ring substituents is 1. The fourth-order valence-electron chi connectivity index (χ4n) is 3.09. The highest BCUT2D eigenvalue weighted by Crippen LogP contribution is 2.26. The van der Waals surface area contributed by atoms with E-state index in [0.717, 1.165) is 5.56 Å². The summed E-state index contributed by atoms with van der Waals surface area (Å²) < 4.78 is 1.46. The Balaban J connectivity index is 1.64. The van der Waals surface area contributed by atoms with E-state index in [2.05, 4.69) is 15.6 Å². The van der Waals surface area contributed by atoms with Crippen LogP contribution in [0, 0.1) is 27.2 Å². The van der Waals surface area contributed by atoms with Gasteiger partial charge in [0.15, 0.2) is 5.75 Å². The average molecular weight is 466 g/mol. The molecule has 34 heavy (non-hydrogen) atoms. The molecule has 0 spiro atoms. The first-order chi connectivity index (χ1) is 16.2. The standard InChI is InChI=1S/C22H22N6O6/c1-15-11-21(28(32)33)24-26(15)10-6-9-22(29)23-18-12-19(27(30)31)14-20(13-18)34-25-16(2)17-7-4-3-5-8-17/h3-5,7-8,11-14H,6,9-10H2,1-2H3,(H,23,29)/b25-16-. The van der Waals surface area contributed by atoms with Gasteiger partial charge in [0.1, 0.15) is 0 Å². The number of nitro groups is 2. The van der Waals surface area contributed by atoms with Crippen molar-refractivity contribution in [3.63, 3.8) is 0 Å². The predicted molar refractivity (Wildman–Crippen MR) is 124 cm³/mol. The quantitative estimate of drug-likeness (QED) is 0.266. The Kier molecular flexibility index (Phi) is 7.64. The number of benzene rings is 2. The van der Waals surface area contributed by atoms with Crippen molar-refractivity contribution in [3.8, 4) is 5.75 Å². The van der Waals surface area contributed by atoms with Gasteiger partial charge in [-0.1, -0.05) is 35.5 Å². The van der Waals surface area contributed by atoms with E-state index in [4.69, 9.17) is 4.84 Å². The minimum absolute atomic E-state index is 0.0806. The van der Waals surface area contributed by atoms with Crippen molar-refractivity contribution >= 4 is 28.8 Å². The number of carbonyl (C=O) groups is 1. The average Bonchev–Trinajstić information content (AvgIpc) is 3.18. The van der Waals surface area contributed by atoms with E-state index in [1.807, 2.05) is 30.3 Å². The van der Waals surface area contributed by atoms with Gasteiger partial charge >= 0.3 is 5.82 Å². The van der Waals surface area contributed by atoms with Crippen molar-refractivity contribution in [3.05, 3.63) is 86.1 Å². The number of hydrogen-bond donors (Lipinski definition) is 1. The molecule has 3 aromatic rings. The van der Waals surface area contributed by atoms with E-state index in [1.54, 1.807) is 13.8 Å².